The second-order valence-corrected chi connectivity index (χ2v) is 6.68. The first-order valence-electron chi connectivity index (χ1n) is 8.57. The smallest absolute Gasteiger partial charge is 0.213 e. The molecule has 27 heavy (non-hydrogen) atoms. The van der Waals surface area contributed by atoms with Crippen LogP contribution in [0.4, 0.5) is 0 Å². The number of aromatic nitrogens is 1. The summed E-state index contributed by atoms with van der Waals surface area (Å²) in [6.07, 6.45) is 2.44. The Labute approximate surface area is 168 Å². The quantitative estimate of drug-likeness (QED) is 0.435. The van der Waals surface area contributed by atoms with E-state index in [9.17, 15) is 0 Å². The number of benzene rings is 2. The summed E-state index contributed by atoms with van der Waals surface area (Å²) in [5.74, 6) is 2.57. The minimum atomic E-state index is -0.0792. The molecule has 0 fully saturated rings. The van der Waals surface area contributed by atoms with E-state index in [4.69, 9.17) is 37.4 Å². The minimum absolute atomic E-state index is 0.0792. The molecular weight excluding hydrogens is 385 g/mol. The van der Waals surface area contributed by atoms with Crippen LogP contribution in [-0.2, 0) is 0 Å². The number of nitrogens with zero attached hydrogens (tertiary/aromatic N) is 1. The van der Waals surface area contributed by atoms with Crippen LogP contribution in [0.25, 0.3) is 0 Å². The number of pyridine rings is 1. The molecule has 3 aromatic rings. The lowest BCUT2D eigenvalue weighted by atomic mass is 10.3. The fourth-order valence-electron chi connectivity index (χ4n) is 2.34. The van der Waals surface area contributed by atoms with Crippen LogP contribution >= 0.6 is 23.2 Å². The molecule has 1 aromatic heterocycles. The van der Waals surface area contributed by atoms with Crippen LogP contribution in [0.3, 0.4) is 0 Å². The van der Waals surface area contributed by atoms with Gasteiger partial charge in [0.2, 0.25) is 5.88 Å². The molecule has 1 unspecified atom stereocenters. The Morgan fingerprint density at radius 1 is 0.889 bits per heavy atom. The van der Waals surface area contributed by atoms with E-state index in [2.05, 4.69) is 4.98 Å². The van der Waals surface area contributed by atoms with Gasteiger partial charge in [0.05, 0.1) is 0 Å². The van der Waals surface area contributed by atoms with Crippen molar-refractivity contribution in [1.29, 1.82) is 0 Å². The number of ether oxygens (including phenoxy) is 3. The lowest BCUT2D eigenvalue weighted by Crippen LogP contribution is -2.24. The number of hydrogen-bond donors (Lipinski definition) is 0. The molecule has 3 rings (SSSR count). The Hall–Kier alpha value is -2.43. The molecule has 1 heterocycles. The van der Waals surface area contributed by atoms with Crippen molar-refractivity contribution in [2.45, 2.75) is 19.4 Å². The van der Waals surface area contributed by atoms with Gasteiger partial charge in [0.15, 0.2) is 0 Å². The fourth-order valence-corrected chi connectivity index (χ4v) is 2.85. The van der Waals surface area contributed by atoms with Gasteiger partial charge in [-0.15, -0.1) is 0 Å². The number of hydrogen-bond acceptors (Lipinski definition) is 4. The van der Waals surface area contributed by atoms with E-state index in [1.807, 2.05) is 49.4 Å². The van der Waals surface area contributed by atoms with Crippen molar-refractivity contribution >= 4 is 23.2 Å². The monoisotopic (exact) mass is 403 g/mol. The molecule has 0 N–H and O–H groups in total. The molecule has 0 spiro atoms. The topological polar surface area (TPSA) is 40.6 Å². The predicted molar refractivity (Wildman–Crippen MR) is 107 cm³/mol. The average Bonchev–Trinajstić information content (AvgIpc) is 2.66. The highest BCUT2D eigenvalue weighted by atomic mass is 35.5. The van der Waals surface area contributed by atoms with Gasteiger partial charge < -0.3 is 14.2 Å². The normalized spacial score (nSPS) is 11.7. The van der Waals surface area contributed by atoms with Crippen LogP contribution in [0.2, 0.25) is 10.0 Å². The summed E-state index contributed by atoms with van der Waals surface area (Å²) in [6, 6.07) is 18.0. The Balaban J connectivity index is 1.55. The Morgan fingerprint density at radius 2 is 1.59 bits per heavy atom. The van der Waals surface area contributed by atoms with Gasteiger partial charge in [-0.2, -0.15) is 0 Å². The average molecular weight is 404 g/mol. The maximum atomic E-state index is 5.98. The molecule has 0 aliphatic carbocycles. The molecule has 4 nitrogen and oxygen atoms in total. The standard InChI is InChI=1S/C21H19Cl2NO3/c1-2-17(27-21-5-3-4-10-24-21)14-25-18-6-8-19(9-7-18)26-20-12-15(22)11-16(23)13-20/h3-13,17H,2,14H2,1H3. The van der Waals surface area contributed by atoms with Crippen LogP contribution in [0.15, 0.2) is 66.9 Å². The van der Waals surface area contributed by atoms with Crippen LogP contribution in [0.1, 0.15) is 13.3 Å². The lowest BCUT2D eigenvalue weighted by Gasteiger charge is -2.17. The third kappa shape index (κ3) is 6.05. The van der Waals surface area contributed by atoms with Crippen LogP contribution in [-0.4, -0.2) is 17.7 Å². The van der Waals surface area contributed by atoms with Crippen molar-refractivity contribution in [1.82, 2.24) is 4.98 Å². The number of halogens is 2. The highest BCUT2D eigenvalue weighted by Gasteiger charge is 2.10. The molecule has 140 valence electrons. The van der Waals surface area contributed by atoms with Crippen molar-refractivity contribution in [3.63, 3.8) is 0 Å². The fraction of sp³-hybridized carbons (Fsp3) is 0.190. The zero-order chi connectivity index (χ0) is 19.1. The Kier molecular flexibility index (Phi) is 6.80. The zero-order valence-corrected chi connectivity index (χ0v) is 16.3. The minimum Gasteiger partial charge on any atom is -0.490 e. The molecule has 0 radical (unpaired) electrons. The first kappa shape index (κ1) is 19.3. The van der Waals surface area contributed by atoms with Gasteiger partial charge in [0.1, 0.15) is 30.0 Å². The molecule has 0 bridgehead atoms. The van der Waals surface area contributed by atoms with Crippen molar-refractivity contribution in [3.8, 4) is 23.1 Å². The van der Waals surface area contributed by atoms with E-state index in [1.54, 1.807) is 24.4 Å². The van der Waals surface area contributed by atoms with E-state index < -0.39 is 0 Å². The zero-order valence-electron chi connectivity index (χ0n) is 14.8. The van der Waals surface area contributed by atoms with E-state index in [1.165, 1.54) is 0 Å². The van der Waals surface area contributed by atoms with E-state index in [0.717, 1.165) is 12.2 Å². The number of rotatable bonds is 8. The van der Waals surface area contributed by atoms with Gasteiger partial charge in [0, 0.05) is 22.3 Å². The summed E-state index contributed by atoms with van der Waals surface area (Å²) in [6.45, 7) is 2.47. The molecular formula is C21H19Cl2NO3. The maximum Gasteiger partial charge on any atom is 0.213 e. The first-order chi connectivity index (χ1) is 13.1. The van der Waals surface area contributed by atoms with Crippen molar-refractivity contribution in [2.75, 3.05) is 6.61 Å². The molecule has 0 aliphatic rings. The van der Waals surface area contributed by atoms with Crippen molar-refractivity contribution < 1.29 is 14.2 Å². The van der Waals surface area contributed by atoms with Crippen LogP contribution in [0, 0.1) is 0 Å². The predicted octanol–water partition coefficient (Wildman–Crippen LogP) is 6.42. The Bertz CT molecular complexity index is 837. The van der Waals surface area contributed by atoms with Gasteiger partial charge in [-0.1, -0.05) is 36.2 Å². The van der Waals surface area contributed by atoms with Gasteiger partial charge in [0.25, 0.3) is 0 Å². The van der Waals surface area contributed by atoms with E-state index >= 15 is 0 Å². The van der Waals surface area contributed by atoms with Gasteiger partial charge in [-0.25, -0.2) is 4.98 Å². The second kappa shape index (κ2) is 9.49. The van der Waals surface area contributed by atoms with Crippen LogP contribution in [0.5, 0.6) is 23.1 Å². The highest BCUT2D eigenvalue weighted by Crippen LogP contribution is 2.29. The third-order valence-corrected chi connectivity index (χ3v) is 4.15. The largest absolute Gasteiger partial charge is 0.490 e. The van der Waals surface area contributed by atoms with E-state index in [-0.39, 0.29) is 6.10 Å². The molecule has 1 atom stereocenters. The summed E-state index contributed by atoms with van der Waals surface area (Å²) in [4.78, 5) is 4.17. The SMILES string of the molecule is CCC(COc1ccc(Oc2cc(Cl)cc(Cl)c2)cc1)Oc1ccccn1. The molecule has 0 amide bonds. The Morgan fingerprint density at radius 3 is 2.22 bits per heavy atom. The lowest BCUT2D eigenvalue weighted by molar-refractivity contribution is 0.120. The molecule has 0 aliphatic heterocycles. The summed E-state index contributed by atoms with van der Waals surface area (Å²) in [5.41, 5.74) is 0. The molecule has 6 heteroatoms. The second-order valence-electron chi connectivity index (χ2n) is 5.81. The van der Waals surface area contributed by atoms with E-state index in [0.29, 0.717) is 34.0 Å². The summed E-state index contributed by atoms with van der Waals surface area (Å²) in [5, 5.41) is 1.05. The summed E-state index contributed by atoms with van der Waals surface area (Å²) in [7, 11) is 0. The van der Waals surface area contributed by atoms with Crippen molar-refractivity contribution in [2.24, 2.45) is 0 Å². The molecule has 0 saturated heterocycles. The van der Waals surface area contributed by atoms with Gasteiger partial charge in [-0.05, 0) is 55.0 Å². The molecule has 0 saturated carbocycles. The third-order valence-electron chi connectivity index (χ3n) is 3.71. The summed E-state index contributed by atoms with van der Waals surface area (Å²) < 4.78 is 17.4. The van der Waals surface area contributed by atoms with Gasteiger partial charge >= 0.3 is 0 Å². The highest BCUT2D eigenvalue weighted by molar-refractivity contribution is 6.34. The van der Waals surface area contributed by atoms with Crippen molar-refractivity contribution in [3.05, 3.63) is 76.9 Å². The first-order valence-corrected chi connectivity index (χ1v) is 9.32. The van der Waals surface area contributed by atoms with Gasteiger partial charge in [-0.3, -0.25) is 0 Å². The maximum absolute atomic E-state index is 5.98. The summed E-state index contributed by atoms with van der Waals surface area (Å²) >= 11 is 12.0. The molecule has 2 aromatic carbocycles. The van der Waals surface area contributed by atoms with Crippen LogP contribution < -0.4 is 14.2 Å².